The lowest BCUT2D eigenvalue weighted by Crippen LogP contribution is -2.32. The number of methoxy groups -OCH3 is 1. The van der Waals surface area contributed by atoms with Crippen molar-refractivity contribution in [1.82, 2.24) is 10.3 Å². The molecule has 0 saturated heterocycles. The molecule has 12 nitrogen and oxygen atoms in total. The van der Waals surface area contributed by atoms with Crippen LogP contribution in [0.25, 0.3) is 0 Å². The SMILES string of the molecule is CCOC(=O)COc1c(Cl)cc(C2N=C(NC#N)Nc3nc(N)c(C#N)c(N)c32)cc1OC. The first-order valence-corrected chi connectivity index (χ1v) is 9.87. The molecular weight excluding hydrogens is 452 g/mol. The van der Waals surface area contributed by atoms with Crippen molar-refractivity contribution in [2.24, 2.45) is 4.99 Å². The molecule has 1 aromatic carbocycles. The number of guanidine groups is 1. The maximum Gasteiger partial charge on any atom is 0.344 e. The van der Waals surface area contributed by atoms with E-state index < -0.39 is 12.0 Å². The number of hydrogen-bond donors (Lipinski definition) is 4. The van der Waals surface area contributed by atoms with Crippen molar-refractivity contribution in [2.75, 3.05) is 37.1 Å². The van der Waals surface area contributed by atoms with Crippen LogP contribution < -0.4 is 31.6 Å². The van der Waals surface area contributed by atoms with Gasteiger partial charge in [0.15, 0.2) is 24.3 Å². The number of anilines is 3. The number of carbonyl (C=O) groups excluding carboxylic acids is 1. The summed E-state index contributed by atoms with van der Waals surface area (Å²) in [6.45, 7) is 1.53. The summed E-state index contributed by atoms with van der Waals surface area (Å²) >= 11 is 6.43. The molecule has 0 aliphatic carbocycles. The van der Waals surface area contributed by atoms with Crippen molar-refractivity contribution in [3.05, 3.63) is 33.8 Å². The van der Waals surface area contributed by atoms with E-state index in [1.54, 1.807) is 25.2 Å². The molecule has 0 amide bonds. The highest BCUT2D eigenvalue weighted by atomic mass is 35.5. The third kappa shape index (κ3) is 4.61. The van der Waals surface area contributed by atoms with Crippen LogP contribution in [-0.4, -0.2) is 37.2 Å². The molecule has 2 heterocycles. The number of nitriles is 2. The quantitative estimate of drug-likeness (QED) is 0.272. The number of benzene rings is 1. The van der Waals surface area contributed by atoms with Gasteiger partial charge in [-0.05, 0) is 24.6 Å². The lowest BCUT2D eigenvalue weighted by molar-refractivity contribution is -0.145. The van der Waals surface area contributed by atoms with Crippen LogP contribution in [0.1, 0.15) is 29.7 Å². The fourth-order valence-electron chi connectivity index (χ4n) is 3.19. The maximum absolute atomic E-state index is 11.7. The van der Waals surface area contributed by atoms with Crippen LogP contribution in [0.15, 0.2) is 17.1 Å². The maximum atomic E-state index is 11.7. The van der Waals surface area contributed by atoms with Gasteiger partial charge in [0.2, 0.25) is 5.96 Å². The number of nitrogens with zero attached hydrogens (tertiary/aromatic N) is 4. The Morgan fingerprint density at radius 2 is 2.12 bits per heavy atom. The van der Waals surface area contributed by atoms with E-state index in [0.717, 1.165) is 0 Å². The summed E-state index contributed by atoms with van der Waals surface area (Å²) in [6, 6.07) is 4.23. The molecule has 0 fully saturated rings. The van der Waals surface area contributed by atoms with Gasteiger partial charge in [0, 0.05) is 5.56 Å². The summed E-state index contributed by atoms with van der Waals surface area (Å²) in [7, 11) is 1.40. The third-order valence-corrected chi connectivity index (χ3v) is 4.85. The summed E-state index contributed by atoms with van der Waals surface area (Å²) in [4.78, 5) is 20.3. The smallest absolute Gasteiger partial charge is 0.344 e. The molecule has 0 radical (unpaired) electrons. The van der Waals surface area contributed by atoms with Gasteiger partial charge in [0.25, 0.3) is 0 Å². The van der Waals surface area contributed by atoms with Crippen LogP contribution in [0.5, 0.6) is 11.5 Å². The van der Waals surface area contributed by atoms with E-state index >= 15 is 0 Å². The first-order valence-electron chi connectivity index (χ1n) is 9.49. The fraction of sp³-hybridized carbons (Fsp3) is 0.250. The number of rotatable bonds is 6. The predicted molar refractivity (Wildman–Crippen MR) is 120 cm³/mol. The van der Waals surface area contributed by atoms with E-state index in [0.29, 0.717) is 11.1 Å². The Kier molecular flexibility index (Phi) is 6.91. The molecule has 3 rings (SSSR count). The number of aromatic nitrogens is 1. The fourth-order valence-corrected chi connectivity index (χ4v) is 3.47. The Balaban J connectivity index is 2.12. The minimum absolute atomic E-state index is 0.0000978. The summed E-state index contributed by atoms with van der Waals surface area (Å²) in [5.41, 5.74) is 13.0. The Bertz CT molecular complexity index is 1220. The van der Waals surface area contributed by atoms with E-state index in [2.05, 4.69) is 20.6 Å². The van der Waals surface area contributed by atoms with Crippen molar-refractivity contribution in [3.8, 4) is 23.8 Å². The third-order valence-electron chi connectivity index (χ3n) is 4.56. The second-order valence-electron chi connectivity index (χ2n) is 6.53. The van der Waals surface area contributed by atoms with Gasteiger partial charge in [-0.2, -0.15) is 10.5 Å². The standard InChI is InChI=1S/C20H19ClN8O4/c1-3-32-13(30)7-33-17-11(21)4-9(5-12(17)31-2)16-14-15(24)10(6-22)18(25)28-19(14)29-20(27-16)26-8-23/h4-5,16H,3,7H2,1-2H3,(H6,24,25,26,27,28,29). The summed E-state index contributed by atoms with van der Waals surface area (Å²) in [5.74, 6) is 0.0176. The van der Waals surface area contributed by atoms with Crippen molar-refractivity contribution >= 4 is 40.9 Å². The zero-order valence-corrected chi connectivity index (χ0v) is 18.4. The number of nitrogens with two attached hydrogens (primary N) is 2. The van der Waals surface area contributed by atoms with Crippen molar-refractivity contribution < 1.29 is 19.0 Å². The second-order valence-corrected chi connectivity index (χ2v) is 6.94. The van der Waals surface area contributed by atoms with Crippen LogP contribution in [0.3, 0.4) is 0 Å². The molecule has 2 aromatic rings. The summed E-state index contributed by atoms with van der Waals surface area (Å²) in [6.07, 6.45) is 1.77. The van der Waals surface area contributed by atoms with Gasteiger partial charge < -0.3 is 31.0 Å². The highest BCUT2D eigenvalue weighted by Gasteiger charge is 2.31. The number of aliphatic imine (C=N–C) groups is 1. The van der Waals surface area contributed by atoms with Crippen molar-refractivity contribution in [1.29, 1.82) is 10.5 Å². The zero-order chi connectivity index (χ0) is 24.1. The zero-order valence-electron chi connectivity index (χ0n) is 17.6. The molecule has 33 heavy (non-hydrogen) atoms. The first-order chi connectivity index (χ1) is 15.8. The van der Waals surface area contributed by atoms with E-state index in [1.165, 1.54) is 7.11 Å². The minimum atomic E-state index is -0.831. The lowest BCUT2D eigenvalue weighted by Gasteiger charge is -2.26. The van der Waals surface area contributed by atoms with E-state index in [4.69, 9.17) is 42.5 Å². The first kappa shape index (κ1) is 23.2. The van der Waals surface area contributed by atoms with E-state index in [9.17, 15) is 10.1 Å². The molecule has 13 heteroatoms. The van der Waals surface area contributed by atoms with Crippen LogP contribution in [-0.2, 0) is 9.53 Å². The van der Waals surface area contributed by atoms with Crippen LogP contribution in [0.4, 0.5) is 17.3 Å². The molecular formula is C20H19ClN8O4. The number of fused-ring (bicyclic) bond motifs is 1. The van der Waals surface area contributed by atoms with Gasteiger partial charge in [-0.15, -0.1) is 0 Å². The highest BCUT2D eigenvalue weighted by Crippen LogP contribution is 2.44. The number of nitrogen functional groups attached to an aromatic ring is 2. The molecule has 1 aliphatic heterocycles. The lowest BCUT2D eigenvalue weighted by atomic mass is 9.95. The molecule has 0 saturated carbocycles. The van der Waals surface area contributed by atoms with Gasteiger partial charge in [0.05, 0.1) is 24.4 Å². The molecule has 0 spiro atoms. The molecule has 1 unspecified atom stereocenters. The van der Waals surface area contributed by atoms with Crippen molar-refractivity contribution in [3.63, 3.8) is 0 Å². The second kappa shape index (κ2) is 9.80. The molecule has 1 aromatic heterocycles. The molecule has 1 aliphatic rings. The Morgan fingerprint density at radius 1 is 1.36 bits per heavy atom. The van der Waals surface area contributed by atoms with Crippen LogP contribution >= 0.6 is 11.6 Å². The van der Waals surface area contributed by atoms with Gasteiger partial charge in [-0.3, -0.25) is 5.32 Å². The van der Waals surface area contributed by atoms with Gasteiger partial charge >= 0.3 is 5.97 Å². The van der Waals surface area contributed by atoms with Crippen molar-refractivity contribution in [2.45, 2.75) is 13.0 Å². The largest absolute Gasteiger partial charge is 0.493 e. The Morgan fingerprint density at radius 3 is 2.76 bits per heavy atom. The number of pyridine rings is 1. The van der Waals surface area contributed by atoms with E-state index in [-0.39, 0.29) is 58.6 Å². The number of nitrogens with one attached hydrogen (secondary N) is 2. The Labute approximate surface area is 193 Å². The topological polar surface area (TPSA) is 194 Å². The van der Waals surface area contributed by atoms with Crippen LogP contribution in [0.2, 0.25) is 5.02 Å². The number of halogens is 1. The van der Waals surface area contributed by atoms with Crippen LogP contribution in [0, 0.1) is 22.8 Å². The Hall–Kier alpha value is -4.42. The molecule has 170 valence electrons. The summed E-state index contributed by atoms with van der Waals surface area (Å²) in [5, 5.41) is 23.8. The minimum Gasteiger partial charge on any atom is -0.493 e. The highest BCUT2D eigenvalue weighted by molar-refractivity contribution is 6.32. The number of esters is 1. The van der Waals surface area contributed by atoms with Gasteiger partial charge in [-0.1, -0.05) is 11.6 Å². The van der Waals surface area contributed by atoms with Gasteiger partial charge in [0.1, 0.15) is 29.3 Å². The average Bonchev–Trinajstić information content (AvgIpc) is 2.77. The summed E-state index contributed by atoms with van der Waals surface area (Å²) < 4.78 is 15.7. The average molecular weight is 471 g/mol. The monoisotopic (exact) mass is 470 g/mol. The number of ether oxygens (including phenoxy) is 3. The van der Waals surface area contributed by atoms with E-state index in [1.807, 2.05) is 6.07 Å². The molecule has 1 atom stereocenters. The van der Waals surface area contributed by atoms with Gasteiger partial charge in [-0.25, -0.2) is 14.8 Å². The normalized spacial score (nSPS) is 14.0. The number of carbonyl (C=O) groups is 1. The predicted octanol–water partition coefficient (Wildman–Crippen LogP) is 1.66. The molecule has 6 N–H and O–H groups in total. The number of hydrogen-bond acceptors (Lipinski definition) is 12. The molecule has 0 bridgehead atoms.